The third-order valence-corrected chi connectivity index (χ3v) is 2.65. The monoisotopic (exact) mass is 206 g/mol. The summed E-state index contributed by atoms with van der Waals surface area (Å²) in [6.45, 7) is 3.53. The predicted molar refractivity (Wildman–Crippen MR) is 60.0 cm³/mol. The van der Waals surface area contributed by atoms with Crippen LogP contribution in [0.3, 0.4) is 0 Å². The van der Waals surface area contributed by atoms with Crippen molar-refractivity contribution in [3.05, 3.63) is 41.2 Å². The van der Waals surface area contributed by atoms with Gasteiger partial charge in [0, 0.05) is 19.1 Å². The summed E-state index contributed by atoms with van der Waals surface area (Å²) >= 11 is 0. The Hall–Kier alpha value is -1.19. The average molecular weight is 206 g/mol. The van der Waals surface area contributed by atoms with Crippen LogP contribution in [0.1, 0.15) is 11.1 Å². The van der Waals surface area contributed by atoms with Gasteiger partial charge in [0.2, 0.25) is 0 Å². The minimum atomic E-state index is -0.190. The zero-order chi connectivity index (χ0) is 10.8. The maximum absolute atomic E-state index is 12.9. The number of aryl methyl sites for hydroxylation is 1. The second-order valence-corrected chi connectivity index (χ2v) is 3.95. The van der Waals surface area contributed by atoms with Crippen molar-refractivity contribution in [2.45, 2.75) is 13.0 Å². The van der Waals surface area contributed by atoms with Gasteiger partial charge in [0.15, 0.2) is 0 Å². The van der Waals surface area contributed by atoms with E-state index in [1.807, 2.05) is 13.0 Å². The van der Waals surface area contributed by atoms with Crippen molar-refractivity contribution in [3.8, 4) is 0 Å². The summed E-state index contributed by atoms with van der Waals surface area (Å²) in [5.74, 6) is -0.190. The van der Waals surface area contributed by atoms with Gasteiger partial charge in [-0.2, -0.15) is 0 Å². The van der Waals surface area contributed by atoms with Crippen molar-refractivity contribution >= 4 is 5.57 Å². The van der Waals surface area contributed by atoms with Crippen LogP contribution in [-0.2, 0) is 0 Å². The fourth-order valence-electron chi connectivity index (χ4n) is 1.92. The van der Waals surface area contributed by atoms with E-state index in [1.54, 1.807) is 6.07 Å². The minimum Gasteiger partial charge on any atom is -0.323 e. The Kier molecular flexibility index (Phi) is 2.84. The molecule has 2 rings (SSSR count). The molecular formula is C12H15FN2. The Morgan fingerprint density at radius 1 is 1.47 bits per heavy atom. The van der Waals surface area contributed by atoms with Crippen molar-refractivity contribution in [2.24, 2.45) is 5.73 Å². The number of hydrogen-bond donors (Lipinski definition) is 2. The quantitative estimate of drug-likeness (QED) is 0.730. The highest BCUT2D eigenvalue weighted by molar-refractivity contribution is 5.70. The number of nitrogens with two attached hydrogens (primary N) is 1. The molecule has 1 aliphatic rings. The van der Waals surface area contributed by atoms with Gasteiger partial charge < -0.3 is 11.1 Å². The van der Waals surface area contributed by atoms with E-state index in [4.69, 9.17) is 5.73 Å². The van der Waals surface area contributed by atoms with Gasteiger partial charge in [-0.05, 0) is 35.8 Å². The number of halogens is 1. The molecule has 0 aromatic heterocycles. The number of benzene rings is 1. The molecular weight excluding hydrogens is 191 g/mol. The molecule has 0 aliphatic carbocycles. The molecule has 1 aliphatic heterocycles. The van der Waals surface area contributed by atoms with Crippen LogP contribution in [0.2, 0.25) is 0 Å². The first-order chi connectivity index (χ1) is 7.16. The van der Waals surface area contributed by atoms with Crippen molar-refractivity contribution < 1.29 is 4.39 Å². The summed E-state index contributed by atoms with van der Waals surface area (Å²) in [4.78, 5) is 0. The molecule has 80 valence electrons. The lowest BCUT2D eigenvalue weighted by atomic mass is 9.96. The van der Waals surface area contributed by atoms with E-state index in [2.05, 4.69) is 11.4 Å². The van der Waals surface area contributed by atoms with Crippen molar-refractivity contribution in [2.75, 3.05) is 13.1 Å². The van der Waals surface area contributed by atoms with Crippen molar-refractivity contribution in [1.29, 1.82) is 0 Å². The Labute approximate surface area is 89.0 Å². The van der Waals surface area contributed by atoms with Gasteiger partial charge >= 0.3 is 0 Å². The molecule has 0 saturated carbocycles. The Morgan fingerprint density at radius 3 is 2.93 bits per heavy atom. The van der Waals surface area contributed by atoms with E-state index in [0.29, 0.717) is 0 Å². The van der Waals surface area contributed by atoms with Crippen molar-refractivity contribution in [1.82, 2.24) is 5.32 Å². The smallest absolute Gasteiger partial charge is 0.123 e. The SMILES string of the molecule is Cc1cc(F)ccc1C1=CC(N)CNC1. The minimum absolute atomic E-state index is 0.0539. The van der Waals surface area contributed by atoms with Crippen LogP contribution < -0.4 is 11.1 Å². The molecule has 0 spiro atoms. The maximum atomic E-state index is 12.9. The standard InChI is InChI=1S/C12H15FN2/c1-8-4-10(13)2-3-12(8)9-5-11(14)7-15-6-9/h2-5,11,15H,6-7,14H2,1H3. The Morgan fingerprint density at radius 2 is 2.27 bits per heavy atom. The molecule has 0 radical (unpaired) electrons. The topological polar surface area (TPSA) is 38.0 Å². The molecule has 1 aromatic carbocycles. The van der Waals surface area contributed by atoms with E-state index < -0.39 is 0 Å². The summed E-state index contributed by atoms with van der Waals surface area (Å²) < 4.78 is 12.9. The predicted octanol–water partition coefficient (Wildman–Crippen LogP) is 1.45. The van der Waals surface area contributed by atoms with E-state index >= 15 is 0 Å². The third kappa shape index (κ3) is 2.25. The molecule has 0 fully saturated rings. The van der Waals surface area contributed by atoms with Crippen LogP contribution in [0.5, 0.6) is 0 Å². The number of hydrogen-bond acceptors (Lipinski definition) is 2. The zero-order valence-electron chi connectivity index (χ0n) is 8.76. The van der Waals surface area contributed by atoms with Crippen LogP contribution >= 0.6 is 0 Å². The fraction of sp³-hybridized carbons (Fsp3) is 0.333. The normalized spacial score (nSPS) is 21.3. The van der Waals surface area contributed by atoms with Gasteiger partial charge in [0.05, 0.1) is 0 Å². The molecule has 1 atom stereocenters. The van der Waals surface area contributed by atoms with Gasteiger partial charge in [-0.25, -0.2) is 4.39 Å². The molecule has 1 aromatic rings. The highest BCUT2D eigenvalue weighted by Gasteiger charge is 2.12. The summed E-state index contributed by atoms with van der Waals surface area (Å²) in [7, 11) is 0. The second-order valence-electron chi connectivity index (χ2n) is 3.95. The Balaban J connectivity index is 2.37. The maximum Gasteiger partial charge on any atom is 0.123 e. The zero-order valence-corrected chi connectivity index (χ0v) is 8.76. The summed E-state index contributed by atoms with van der Waals surface area (Å²) in [6, 6.07) is 4.91. The van der Waals surface area contributed by atoms with Crippen LogP contribution in [0, 0.1) is 12.7 Å². The second kappa shape index (κ2) is 4.13. The van der Waals surface area contributed by atoms with E-state index in [-0.39, 0.29) is 11.9 Å². The molecule has 3 N–H and O–H groups in total. The van der Waals surface area contributed by atoms with Gasteiger partial charge in [-0.15, -0.1) is 0 Å². The van der Waals surface area contributed by atoms with Crippen molar-refractivity contribution in [3.63, 3.8) is 0 Å². The van der Waals surface area contributed by atoms with Crippen LogP contribution in [-0.4, -0.2) is 19.1 Å². The van der Waals surface area contributed by atoms with E-state index in [9.17, 15) is 4.39 Å². The van der Waals surface area contributed by atoms with Gasteiger partial charge in [0.1, 0.15) is 5.82 Å². The van der Waals surface area contributed by atoms with Crippen LogP contribution in [0.4, 0.5) is 4.39 Å². The molecule has 0 bridgehead atoms. The van der Waals surface area contributed by atoms with Crippen LogP contribution in [0.15, 0.2) is 24.3 Å². The molecule has 1 unspecified atom stereocenters. The largest absolute Gasteiger partial charge is 0.323 e. The van der Waals surface area contributed by atoms with E-state index in [0.717, 1.165) is 29.8 Å². The lowest BCUT2D eigenvalue weighted by Crippen LogP contribution is -2.37. The molecule has 2 nitrogen and oxygen atoms in total. The summed E-state index contributed by atoms with van der Waals surface area (Å²) in [5.41, 5.74) is 9.03. The first-order valence-corrected chi connectivity index (χ1v) is 5.10. The van der Waals surface area contributed by atoms with Gasteiger partial charge in [-0.1, -0.05) is 12.1 Å². The fourth-order valence-corrected chi connectivity index (χ4v) is 1.92. The average Bonchev–Trinajstić information content (AvgIpc) is 2.17. The first kappa shape index (κ1) is 10.3. The molecule has 3 heteroatoms. The number of rotatable bonds is 1. The third-order valence-electron chi connectivity index (χ3n) is 2.65. The van der Waals surface area contributed by atoms with Crippen LogP contribution in [0.25, 0.3) is 5.57 Å². The molecule has 0 amide bonds. The summed E-state index contributed by atoms with van der Waals surface area (Å²) in [6.07, 6.45) is 2.05. The molecule has 1 heterocycles. The van der Waals surface area contributed by atoms with E-state index in [1.165, 1.54) is 6.07 Å². The number of nitrogens with one attached hydrogen (secondary N) is 1. The van der Waals surface area contributed by atoms with Gasteiger partial charge in [-0.3, -0.25) is 0 Å². The highest BCUT2D eigenvalue weighted by atomic mass is 19.1. The van der Waals surface area contributed by atoms with Gasteiger partial charge in [0.25, 0.3) is 0 Å². The molecule has 0 saturated heterocycles. The lowest BCUT2D eigenvalue weighted by Gasteiger charge is -2.20. The lowest BCUT2D eigenvalue weighted by molar-refractivity contribution is 0.626. The Bertz CT molecular complexity index is 399. The first-order valence-electron chi connectivity index (χ1n) is 5.10. The molecule has 15 heavy (non-hydrogen) atoms. The highest BCUT2D eigenvalue weighted by Crippen LogP contribution is 2.21. The summed E-state index contributed by atoms with van der Waals surface area (Å²) in [5, 5.41) is 3.24.